The van der Waals surface area contributed by atoms with Crippen molar-refractivity contribution >= 4 is 17.4 Å². The smallest absolute Gasteiger partial charge is 0.126 e. The summed E-state index contributed by atoms with van der Waals surface area (Å²) in [5.41, 5.74) is 0.423. The van der Waals surface area contributed by atoms with Gasteiger partial charge in [-0.05, 0) is 49.9 Å². The first kappa shape index (κ1) is 12.7. The molecule has 1 aromatic rings. The Morgan fingerprint density at radius 1 is 1.41 bits per heavy atom. The van der Waals surface area contributed by atoms with Crippen LogP contribution in [0.4, 0.5) is 5.82 Å². The minimum atomic E-state index is 0.423. The summed E-state index contributed by atoms with van der Waals surface area (Å²) in [6, 6.07) is 3.81. The molecule has 0 atom stereocenters. The molecule has 1 saturated heterocycles. The molecule has 17 heavy (non-hydrogen) atoms. The van der Waals surface area contributed by atoms with Crippen LogP contribution in [0.15, 0.2) is 18.3 Å². The zero-order chi connectivity index (χ0) is 12.1. The van der Waals surface area contributed by atoms with E-state index < -0.39 is 0 Å². The van der Waals surface area contributed by atoms with Gasteiger partial charge in [0.05, 0.1) is 5.02 Å². The Kier molecular flexibility index (Phi) is 4.24. The van der Waals surface area contributed by atoms with Crippen molar-refractivity contribution in [3.63, 3.8) is 0 Å². The molecule has 0 saturated carbocycles. The standard InChI is InChI=1S/C13H20ClN3/c1-2-13(5-7-15-8-6-13)10-17-12-4-3-11(14)9-16-12/h3-4,9,15H,2,5-8,10H2,1H3,(H,16,17). The highest BCUT2D eigenvalue weighted by molar-refractivity contribution is 6.30. The number of piperidine rings is 1. The van der Waals surface area contributed by atoms with E-state index in [-0.39, 0.29) is 0 Å². The summed E-state index contributed by atoms with van der Waals surface area (Å²) in [4.78, 5) is 4.27. The van der Waals surface area contributed by atoms with Crippen molar-refractivity contribution in [1.29, 1.82) is 0 Å². The fraction of sp³-hybridized carbons (Fsp3) is 0.615. The maximum Gasteiger partial charge on any atom is 0.126 e. The topological polar surface area (TPSA) is 37.0 Å². The normalized spacial score (nSPS) is 18.9. The van der Waals surface area contributed by atoms with Crippen LogP contribution in [0, 0.1) is 5.41 Å². The molecule has 0 unspecified atom stereocenters. The number of pyridine rings is 1. The van der Waals surface area contributed by atoms with Crippen LogP contribution in [0.25, 0.3) is 0 Å². The number of hydrogen-bond acceptors (Lipinski definition) is 3. The van der Waals surface area contributed by atoms with Gasteiger partial charge in [-0.2, -0.15) is 0 Å². The lowest BCUT2D eigenvalue weighted by molar-refractivity contribution is 0.210. The number of nitrogens with one attached hydrogen (secondary N) is 2. The van der Waals surface area contributed by atoms with Crippen LogP contribution in [0.5, 0.6) is 0 Å². The lowest BCUT2D eigenvalue weighted by Crippen LogP contribution is -2.40. The zero-order valence-electron chi connectivity index (χ0n) is 10.3. The predicted molar refractivity (Wildman–Crippen MR) is 72.6 cm³/mol. The number of halogens is 1. The Labute approximate surface area is 108 Å². The van der Waals surface area contributed by atoms with Gasteiger partial charge in [-0.3, -0.25) is 0 Å². The third-order valence-corrected chi connectivity index (χ3v) is 4.01. The van der Waals surface area contributed by atoms with Crippen molar-refractivity contribution in [1.82, 2.24) is 10.3 Å². The zero-order valence-corrected chi connectivity index (χ0v) is 11.1. The minimum Gasteiger partial charge on any atom is -0.370 e. The van der Waals surface area contributed by atoms with E-state index in [2.05, 4.69) is 22.5 Å². The molecule has 0 bridgehead atoms. The van der Waals surface area contributed by atoms with Gasteiger partial charge in [0.1, 0.15) is 5.82 Å². The van der Waals surface area contributed by atoms with Crippen LogP contribution in [-0.2, 0) is 0 Å². The van der Waals surface area contributed by atoms with E-state index >= 15 is 0 Å². The average molecular weight is 254 g/mol. The van der Waals surface area contributed by atoms with Crippen LogP contribution < -0.4 is 10.6 Å². The Morgan fingerprint density at radius 2 is 2.18 bits per heavy atom. The van der Waals surface area contributed by atoms with Crippen molar-refractivity contribution in [2.24, 2.45) is 5.41 Å². The van der Waals surface area contributed by atoms with Gasteiger partial charge in [-0.1, -0.05) is 18.5 Å². The molecule has 0 aromatic carbocycles. The predicted octanol–water partition coefficient (Wildman–Crippen LogP) is 2.93. The lowest BCUT2D eigenvalue weighted by Gasteiger charge is -2.37. The van der Waals surface area contributed by atoms with Gasteiger partial charge in [-0.25, -0.2) is 4.98 Å². The van der Waals surface area contributed by atoms with Crippen LogP contribution >= 0.6 is 11.6 Å². The van der Waals surface area contributed by atoms with E-state index in [1.165, 1.54) is 19.3 Å². The van der Waals surface area contributed by atoms with Crippen LogP contribution in [0.3, 0.4) is 0 Å². The summed E-state index contributed by atoms with van der Waals surface area (Å²) >= 11 is 5.82. The fourth-order valence-corrected chi connectivity index (χ4v) is 2.48. The van der Waals surface area contributed by atoms with Gasteiger partial charge in [-0.15, -0.1) is 0 Å². The fourth-order valence-electron chi connectivity index (χ4n) is 2.37. The number of hydrogen-bond donors (Lipinski definition) is 2. The Morgan fingerprint density at radius 3 is 2.76 bits per heavy atom. The lowest BCUT2D eigenvalue weighted by atomic mass is 9.76. The summed E-state index contributed by atoms with van der Waals surface area (Å²) in [5, 5.41) is 7.54. The van der Waals surface area contributed by atoms with Gasteiger partial charge < -0.3 is 10.6 Å². The molecule has 2 N–H and O–H groups in total. The number of anilines is 1. The van der Waals surface area contributed by atoms with Gasteiger partial charge in [0.15, 0.2) is 0 Å². The first-order valence-corrected chi connectivity index (χ1v) is 6.68. The molecule has 1 aromatic heterocycles. The molecule has 2 heterocycles. The van der Waals surface area contributed by atoms with Crippen molar-refractivity contribution in [3.05, 3.63) is 23.4 Å². The van der Waals surface area contributed by atoms with E-state index in [0.717, 1.165) is 25.5 Å². The summed E-state index contributed by atoms with van der Waals surface area (Å²) in [7, 11) is 0. The first-order chi connectivity index (χ1) is 8.24. The quantitative estimate of drug-likeness (QED) is 0.866. The second-order valence-electron chi connectivity index (χ2n) is 4.82. The van der Waals surface area contributed by atoms with E-state index in [9.17, 15) is 0 Å². The molecule has 1 aliphatic rings. The average Bonchev–Trinajstić information content (AvgIpc) is 2.39. The van der Waals surface area contributed by atoms with E-state index in [4.69, 9.17) is 11.6 Å². The second-order valence-corrected chi connectivity index (χ2v) is 5.26. The number of nitrogens with zero attached hydrogens (tertiary/aromatic N) is 1. The van der Waals surface area contributed by atoms with Gasteiger partial charge in [0.25, 0.3) is 0 Å². The largest absolute Gasteiger partial charge is 0.370 e. The Balaban J connectivity index is 1.93. The summed E-state index contributed by atoms with van der Waals surface area (Å²) < 4.78 is 0. The Hall–Kier alpha value is -0.800. The van der Waals surface area contributed by atoms with Gasteiger partial charge in [0.2, 0.25) is 0 Å². The van der Waals surface area contributed by atoms with E-state index in [0.29, 0.717) is 10.4 Å². The van der Waals surface area contributed by atoms with E-state index in [1.807, 2.05) is 12.1 Å². The molecule has 0 aliphatic carbocycles. The number of aromatic nitrogens is 1. The third kappa shape index (κ3) is 3.33. The van der Waals surface area contributed by atoms with Crippen LogP contribution in [0.1, 0.15) is 26.2 Å². The SMILES string of the molecule is CCC1(CNc2ccc(Cl)cn2)CCNCC1. The summed E-state index contributed by atoms with van der Waals surface area (Å²) in [5.74, 6) is 0.917. The number of rotatable bonds is 4. The molecule has 3 nitrogen and oxygen atoms in total. The molecule has 0 spiro atoms. The highest BCUT2D eigenvalue weighted by Gasteiger charge is 2.29. The third-order valence-electron chi connectivity index (χ3n) is 3.79. The molecule has 1 fully saturated rings. The molecule has 94 valence electrons. The Bertz CT molecular complexity index is 344. The second kappa shape index (κ2) is 5.69. The molecule has 1 aliphatic heterocycles. The highest BCUT2D eigenvalue weighted by Crippen LogP contribution is 2.32. The molecule has 0 amide bonds. The van der Waals surface area contributed by atoms with Crippen molar-refractivity contribution < 1.29 is 0 Å². The maximum absolute atomic E-state index is 5.82. The molecule has 2 rings (SSSR count). The van der Waals surface area contributed by atoms with Crippen LogP contribution in [-0.4, -0.2) is 24.6 Å². The monoisotopic (exact) mass is 253 g/mol. The highest BCUT2D eigenvalue weighted by atomic mass is 35.5. The van der Waals surface area contributed by atoms with Crippen molar-refractivity contribution in [3.8, 4) is 0 Å². The van der Waals surface area contributed by atoms with E-state index in [1.54, 1.807) is 6.20 Å². The maximum atomic E-state index is 5.82. The first-order valence-electron chi connectivity index (χ1n) is 6.30. The molecule has 0 radical (unpaired) electrons. The van der Waals surface area contributed by atoms with Crippen molar-refractivity contribution in [2.75, 3.05) is 25.0 Å². The molecule has 4 heteroatoms. The summed E-state index contributed by atoms with van der Waals surface area (Å²) in [6.45, 7) is 5.54. The van der Waals surface area contributed by atoms with Crippen LogP contribution in [0.2, 0.25) is 5.02 Å². The minimum absolute atomic E-state index is 0.423. The van der Waals surface area contributed by atoms with Gasteiger partial charge >= 0.3 is 0 Å². The van der Waals surface area contributed by atoms with Gasteiger partial charge in [0, 0.05) is 12.7 Å². The van der Waals surface area contributed by atoms with Crippen molar-refractivity contribution in [2.45, 2.75) is 26.2 Å². The molecular formula is C13H20ClN3. The molecular weight excluding hydrogens is 234 g/mol. The summed E-state index contributed by atoms with van der Waals surface area (Å²) in [6.07, 6.45) is 5.38.